The Bertz CT molecular complexity index is 575. The Hall–Kier alpha value is -1.01. The fraction of sp³-hybridized carbons (Fsp3) is 0.973. The van der Waals surface area contributed by atoms with Crippen molar-refractivity contribution in [2.75, 3.05) is 32.9 Å². The second kappa shape index (κ2) is 35.5. The highest BCUT2D eigenvalue weighted by atomic mass is 16.5. The first-order valence-corrected chi connectivity index (χ1v) is 19.0. The van der Waals surface area contributed by atoms with Gasteiger partial charge in [0.2, 0.25) is 5.91 Å². The molecule has 1 amide bonds. The predicted molar refractivity (Wildman–Crippen MR) is 185 cm³/mol. The minimum Gasteiger partial charge on any atom is -0.395 e. The maximum Gasteiger partial charge on any atom is 0.222 e. The van der Waals surface area contributed by atoms with Gasteiger partial charge in [0.1, 0.15) is 6.04 Å². The molecule has 6 nitrogen and oxygen atoms in total. The molecule has 0 aromatic heterocycles. The summed E-state index contributed by atoms with van der Waals surface area (Å²) in [6.07, 6.45) is 35.6. The second-order valence-corrected chi connectivity index (χ2v) is 13.0. The van der Waals surface area contributed by atoms with Gasteiger partial charge >= 0.3 is 0 Å². The van der Waals surface area contributed by atoms with Gasteiger partial charge in [0.25, 0.3) is 0 Å². The first-order valence-electron chi connectivity index (χ1n) is 19.0. The standard InChI is InChI=1S/C37H74N2O4/c1-3-5-7-9-11-13-15-17-19-21-23-25-27-29-33-43-35-36(38-42)34-39(31-32-40)37(41)30-28-26-24-22-20-18-16-14-12-10-8-6-4-2/h36,40H,3-35H2,1-2H3. The number of unbranched alkanes of at least 4 members (excludes halogenated alkanes) is 25. The van der Waals surface area contributed by atoms with Crippen molar-refractivity contribution in [3.8, 4) is 0 Å². The maximum atomic E-state index is 12.7. The van der Waals surface area contributed by atoms with Gasteiger partial charge in [-0.1, -0.05) is 180 Å². The summed E-state index contributed by atoms with van der Waals surface area (Å²) in [7, 11) is 0. The number of carbonyl (C=O) groups excluding carboxylic acids is 1. The van der Waals surface area contributed by atoms with Gasteiger partial charge in [-0.05, 0) is 12.8 Å². The van der Waals surface area contributed by atoms with E-state index in [2.05, 4.69) is 19.0 Å². The Labute approximate surface area is 267 Å². The zero-order valence-electron chi connectivity index (χ0n) is 29.0. The van der Waals surface area contributed by atoms with E-state index < -0.39 is 6.04 Å². The second-order valence-electron chi connectivity index (χ2n) is 13.0. The number of hydrogen-bond acceptors (Lipinski definition) is 5. The van der Waals surface area contributed by atoms with Crippen molar-refractivity contribution in [1.29, 1.82) is 0 Å². The van der Waals surface area contributed by atoms with Gasteiger partial charge in [-0.3, -0.25) is 4.79 Å². The highest BCUT2D eigenvalue weighted by Crippen LogP contribution is 2.15. The molecule has 0 rings (SSSR count). The molecule has 0 aromatic rings. The zero-order chi connectivity index (χ0) is 31.5. The molecule has 1 unspecified atom stereocenters. The molecule has 0 heterocycles. The highest BCUT2D eigenvalue weighted by Gasteiger charge is 2.19. The van der Waals surface area contributed by atoms with E-state index in [-0.39, 0.29) is 32.2 Å². The number of rotatable bonds is 36. The molecule has 0 aromatic carbocycles. The predicted octanol–water partition coefficient (Wildman–Crippen LogP) is 10.9. The van der Waals surface area contributed by atoms with Crippen molar-refractivity contribution >= 4 is 5.91 Å². The minimum atomic E-state index is -0.575. The van der Waals surface area contributed by atoms with E-state index in [0.717, 1.165) is 25.7 Å². The number of aliphatic hydroxyl groups excluding tert-OH is 1. The van der Waals surface area contributed by atoms with Gasteiger partial charge in [0.05, 0.1) is 13.2 Å². The fourth-order valence-electron chi connectivity index (χ4n) is 5.88. The van der Waals surface area contributed by atoms with Gasteiger partial charge < -0.3 is 14.7 Å². The lowest BCUT2D eigenvalue weighted by atomic mass is 10.0. The molecule has 0 radical (unpaired) electrons. The molecule has 256 valence electrons. The molecular weight excluding hydrogens is 536 g/mol. The van der Waals surface area contributed by atoms with Crippen molar-refractivity contribution in [3.05, 3.63) is 4.91 Å². The Morgan fingerprint density at radius 2 is 0.977 bits per heavy atom. The van der Waals surface area contributed by atoms with E-state index in [1.807, 2.05) is 0 Å². The summed E-state index contributed by atoms with van der Waals surface area (Å²) in [5.74, 6) is 0.0118. The number of amides is 1. The van der Waals surface area contributed by atoms with Crippen LogP contribution >= 0.6 is 0 Å². The Morgan fingerprint density at radius 3 is 1.35 bits per heavy atom. The number of carbonyl (C=O) groups is 1. The Kier molecular flexibility index (Phi) is 34.6. The molecule has 0 aliphatic heterocycles. The third-order valence-electron chi connectivity index (χ3n) is 8.75. The fourth-order valence-corrected chi connectivity index (χ4v) is 5.88. The summed E-state index contributed by atoms with van der Waals surface area (Å²) in [4.78, 5) is 25.8. The topological polar surface area (TPSA) is 79.2 Å². The summed E-state index contributed by atoms with van der Waals surface area (Å²) in [5, 5.41) is 12.7. The maximum absolute atomic E-state index is 12.7. The molecule has 1 atom stereocenters. The largest absolute Gasteiger partial charge is 0.395 e. The number of nitroso groups, excluding NO2 is 1. The third kappa shape index (κ3) is 30.8. The lowest BCUT2D eigenvalue weighted by molar-refractivity contribution is -0.132. The molecule has 0 fully saturated rings. The lowest BCUT2D eigenvalue weighted by Crippen LogP contribution is -2.40. The molecule has 0 aliphatic carbocycles. The lowest BCUT2D eigenvalue weighted by Gasteiger charge is -2.24. The summed E-state index contributed by atoms with van der Waals surface area (Å²) in [6, 6.07) is -0.575. The smallest absolute Gasteiger partial charge is 0.222 e. The molecule has 0 saturated carbocycles. The number of nitrogens with zero attached hydrogens (tertiary/aromatic N) is 2. The van der Waals surface area contributed by atoms with Crippen LogP contribution in [-0.2, 0) is 9.53 Å². The highest BCUT2D eigenvalue weighted by molar-refractivity contribution is 5.76. The van der Waals surface area contributed by atoms with Crippen LogP contribution in [0.3, 0.4) is 0 Å². The molecular formula is C37H74N2O4. The van der Waals surface area contributed by atoms with Crippen LogP contribution < -0.4 is 0 Å². The van der Waals surface area contributed by atoms with Gasteiger partial charge in [0, 0.05) is 26.1 Å². The summed E-state index contributed by atoms with van der Waals surface area (Å²) in [6.45, 7) is 5.81. The zero-order valence-corrected chi connectivity index (χ0v) is 29.0. The summed E-state index contributed by atoms with van der Waals surface area (Å²) >= 11 is 0. The molecule has 0 spiro atoms. The van der Waals surface area contributed by atoms with Crippen LogP contribution in [0.2, 0.25) is 0 Å². The molecule has 0 bridgehead atoms. The number of hydrogen-bond donors (Lipinski definition) is 1. The van der Waals surface area contributed by atoms with Crippen molar-refractivity contribution < 1.29 is 14.6 Å². The molecule has 1 N–H and O–H groups in total. The van der Waals surface area contributed by atoms with Gasteiger partial charge in [-0.15, -0.1) is 0 Å². The molecule has 43 heavy (non-hydrogen) atoms. The average molecular weight is 611 g/mol. The molecule has 0 aliphatic rings. The normalized spacial score (nSPS) is 12.1. The van der Waals surface area contributed by atoms with E-state index in [4.69, 9.17) is 4.74 Å². The SMILES string of the molecule is CCCCCCCCCCCCCCCCOCC(CN(CCO)C(=O)CCCCCCCCCCCCCCC)N=O. The van der Waals surface area contributed by atoms with E-state index in [1.54, 1.807) is 4.90 Å². The van der Waals surface area contributed by atoms with Gasteiger partial charge in [0.15, 0.2) is 0 Å². The van der Waals surface area contributed by atoms with Crippen LogP contribution in [0.15, 0.2) is 5.18 Å². The average Bonchev–Trinajstić information content (AvgIpc) is 3.01. The number of ether oxygens (including phenoxy) is 1. The van der Waals surface area contributed by atoms with Crippen LogP contribution in [0.4, 0.5) is 0 Å². The first kappa shape index (κ1) is 42.0. The minimum absolute atomic E-state index is 0.0118. The summed E-state index contributed by atoms with van der Waals surface area (Å²) in [5.41, 5.74) is 0. The van der Waals surface area contributed by atoms with Crippen LogP contribution in [0.5, 0.6) is 0 Å². The van der Waals surface area contributed by atoms with Crippen LogP contribution in [0, 0.1) is 4.91 Å². The van der Waals surface area contributed by atoms with Crippen LogP contribution in [-0.4, -0.2) is 54.9 Å². The van der Waals surface area contributed by atoms with E-state index in [0.29, 0.717) is 13.0 Å². The van der Waals surface area contributed by atoms with E-state index >= 15 is 0 Å². The van der Waals surface area contributed by atoms with Crippen molar-refractivity contribution in [3.63, 3.8) is 0 Å². The van der Waals surface area contributed by atoms with Crippen molar-refractivity contribution in [2.24, 2.45) is 5.18 Å². The Morgan fingerprint density at radius 1 is 0.605 bits per heavy atom. The van der Waals surface area contributed by atoms with Crippen molar-refractivity contribution in [1.82, 2.24) is 4.90 Å². The molecule has 6 heteroatoms. The molecule has 0 saturated heterocycles. The van der Waals surface area contributed by atoms with E-state index in [9.17, 15) is 14.8 Å². The van der Waals surface area contributed by atoms with Crippen LogP contribution in [0.1, 0.15) is 194 Å². The third-order valence-corrected chi connectivity index (χ3v) is 8.75. The van der Waals surface area contributed by atoms with Crippen molar-refractivity contribution in [2.45, 2.75) is 200 Å². The quantitative estimate of drug-likeness (QED) is 0.0565. The van der Waals surface area contributed by atoms with Gasteiger partial charge in [-0.25, -0.2) is 0 Å². The summed E-state index contributed by atoms with van der Waals surface area (Å²) < 4.78 is 5.74. The Balaban J connectivity index is 3.75. The van der Waals surface area contributed by atoms with E-state index in [1.165, 1.54) is 148 Å². The van der Waals surface area contributed by atoms with Crippen LogP contribution in [0.25, 0.3) is 0 Å². The first-order chi connectivity index (χ1) is 21.2. The number of aliphatic hydroxyl groups is 1. The van der Waals surface area contributed by atoms with Gasteiger partial charge in [-0.2, -0.15) is 4.91 Å². The monoisotopic (exact) mass is 611 g/mol.